The monoisotopic (exact) mass is 495 g/mol. The maximum atomic E-state index is 12.9. The van der Waals surface area contributed by atoms with Crippen LogP contribution in [0.5, 0.6) is 0 Å². The number of amides is 1. The molecule has 1 amide bonds. The Labute approximate surface area is 207 Å². The summed E-state index contributed by atoms with van der Waals surface area (Å²) in [5.41, 5.74) is 3.89. The molecule has 2 aliphatic rings. The number of hydrogen-bond acceptors (Lipinski definition) is 5. The van der Waals surface area contributed by atoms with Gasteiger partial charge in [0.1, 0.15) is 9.84 Å². The molecule has 0 bridgehead atoms. The standard InChI is InChI=1S/C26H33N5O3S/c1-25(2)9-7-18(8-10-25)20-15-19(26(17-27-3)11-13-35(33,34)14-12-26)5-6-21(20)30-24(32)23-29-16-22(28-4)31-23/h5-7,15-16,27H,8-14,17H2,1-3H3,(H,29,31)(H,30,32). The number of hydrogen-bond donors (Lipinski definition) is 3. The summed E-state index contributed by atoms with van der Waals surface area (Å²) >= 11 is 0. The van der Waals surface area contributed by atoms with Gasteiger partial charge in [0.05, 0.1) is 17.7 Å². The number of aromatic nitrogens is 2. The van der Waals surface area contributed by atoms with Gasteiger partial charge in [-0.15, -0.1) is 0 Å². The summed E-state index contributed by atoms with van der Waals surface area (Å²) < 4.78 is 24.4. The number of nitrogens with one attached hydrogen (secondary N) is 3. The second-order valence-corrected chi connectivity index (χ2v) is 12.8. The van der Waals surface area contributed by atoms with E-state index in [0.29, 0.717) is 25.1 Å². The van der Waals surface area contributed by atoms with Crippen LogP contribution in [0.1, 0.15) is 67.7 Å². The molecule has 35 heavy (non-hydrogen) atoms. The Morgan fingerprint density at radius 1 is 1.23 bits per heavy atom. The van der Waals surface area contributed by atoms with E-state index in [0.717, 1.165) is 30.4 Å². The largest absolute Gasteiger partial charge is 0.363 e. The number of anilines is 1. The minimum atomic E-state index is -3.01. The molecule has 1 aliphatic heterocycles. The van der Waals surface area contributed by atoms with E-state index in [-0.39, 0.29) is 34.0 Å². The van der Waals surface area contributed by atoms with Crippen molar-refractivity contribution >= 4 is 32.8 Å². The fraction of sp³-hybridized carbons (Fsp3) is 0.500. The number of allylic oxidation sites excluding steroid dienone is 2. The molecule has 1 aromatic carbocycles. The molecule has 4 rings (SSSR count). The van der Waals surface area contributed by atoms with E-state index in [4.69, 9.17) is 6.57 Å². The molecule has 186 valence electrons. The van der Waals surface area contributed by atoms with Gasteiger partial charge in [0, 0.05) is 23.2 Å². The molecule has 1 fully saturated rings. The number of carbonyl (C=O) groups is 1. The summed E-state index contributed by atoms with van der Waals surface area (Å²) in [4.78, 5) is 22.9. The average molecular weight is 496 g/mol. The molecule has 0 unspecified atom stereocenters. The summed E-state index contributed by atoms with van der Waals surface area (Å²) in [5, 5.41) is 6.26. The molecule has 0 saturated carbocycles. The Morgan fingerprint density at radius 3 is 2.57 bits per heavy atom. The number of imidazole rings is 1. The second-order valence-electron chi connectivity index (χ2n) is 10.5. The fourth-order valence-electron chi connectivity index (χ4n) is 5.07. The van der Waals surface area contributed by atoms with Gasteiger partial charge < -0.3 is 15.5 Å². The van der Waals surface area contributed by atoms with Crippen LogP contribution >= 0.6 is 0 Å². The maximum Gasteiger partial charge on any atom is 0.314 e. The molecule has 2 aromatic rings. The predicted octanol–water partition coefficient (Wildman–Crippen LogP) is 4.47. The zero-order valence-electron chi connectivity index (χ0n) is 20.6. The van der Waals surface area contributed by atoms with Crippen molar-refractivity contribution in [2.24, 2.45) is 5.41 Å². The summed E-state index contributed by atoms with van der Waals surface area (Å²) in [6.07, 6.45) is 7.64. The first-order chi connectivity index (χ1) is 16.6. The summed E-state index contributed by atoms with van der Waals surface area (Å²) in [7, 11) is -1.11. The lowest BCUT2D eigenvalue weighted by molar-refractivity contribution is 0.101. The highest BCUT2D eigenvalue weighted by molar-refractivity contribution is 7.91. The molecule has 3 N–H and O–H groups in total. The van der Waals surface area contributed by atoms with Crippen molar-refractivity contribution in [2.45, 2.75) is 51.4 Å². The number of sulfone groups is 1. The van der Waals surface area contributed by atoms with Crippen molar-refractivity contribution in [2.75, 3.05) is 30.4 Å². The van der Waals surface area contributed by atoms with Crippen LogP contribution in [0, 0.1) is 12.0 Å². The van der Waals surface area contributed by atoms with Gasteiger partial charge in [-0.3, -0.25) is 9.78 Å². The predicted molar refractivity (Wildman–Crippen MR) is 138 cm³/mol. The summed E-state index contributed by atoms with van der Waals surface area (Å²) in [6, 6.07) is 6.07. The van der Waals surface area contributed by atoms with Crippen molar-refractivity contribution in [3.05, 3.63) is 58.8 Å². The normalized spacial score (nSPS) is 20.5. The van der Waals surface area contributed by atoms with E-state index in [1.54, 1.807) is 0 Å². The Hall–Kier alpha value is -2.96. The maximum absolute atomic E-state index is 12.9. The highest BCUT2D eigenvalue weighted by atomic mass is 32.2. The van der Waals surface area contributed by atoms with Gasteiger partial charge in [-0.2, -0.15) is 0 Å². The van der Waals surface area contributed by atoms with Crippen LogP contribution in [-0.2, 0) is 15.3 Å². The number of rotatable bonds is 6. The molecule has 0 radical (unpaired) electrons. The van der Waals surface area contributed by atoms with Crippen LogP contribution < -0.4 is 10.6 Å². The Kier molecular flexibility index (Phi) is 6.89. The third-order valence-corrected chi connectivity index (χ3v) is 9.05. The van der Waals surface area contributed by atoms with Gasteiger partial charge in [-0.1, -0.05) is 32.6 Å². The Balaban J connectivity index is 1.73. The highest BCUT2D eigenvalue weighted by Crippen LogP contribution is 2.43. The smallest absolute Gasteiger partial charge is 0.314 e. The molecular formula is C26H33N5O3S. The van der Waals surface area contributed by atoms with Gasteiger partial charge in [-0.05, 0) is 67.8 Å². The van der Waals surface area contributed by atoms with Gasteiger partial charge in [0.25, 0.3) is 5.82 Å². The van der Waals surface area contributed by atoms with E-state index in [1.807, 2.05) is 19.2 Å². The molecule has 1 aliphatic carbocycles. The van der Waals surface area contributed by atoms with Crippen LogP contribution in [-0.4, -0.2) is 49.4 Å². The zero-order valence-corrected chi connectivity index (χ0v) is 21.4. The molecule has 9 heteroatoms. The summed E-state index contributed by atoms with van der Waals surface area (Å²) in [5.74, 6) is 0.264. The lowest BCUT2D eigenvalue weighted by Gasteiger charge is -2.38. The molecule has 0 spiro atoms. The van der Waals surface area contributed by atoms with E-state index in [1.165, 1.54) is 11.8 Å². The number of benzene rings is 1. The van der Waals surface area contributed by atoms with Crippen LogP contribution in [0.2, 0.25) is 0 Å². The second kappa shape index (κ2) is 9.59. The molecule has 0 atom stereocenters. The van der Waals surface area contributed by atoms with Gasteiger partial charge in [-0.25, -0.2) is 13.4 Å². The van der Waals surface area contributed by atoms with Gasteiger partial charge >= 0.3 is 5.91 Å². The van der Waals surface area contributed by atoms with Crippen molar-refractivity contribution in [1.82, 2.24) is 15.3 Å². The van der Waals surface area contributed by atoms with Crippen LogP contribution in [0.4, 0.5) is 11.5 Å². The minimum absolute atomic E-state index is 0.0916. The third-order valence-electron chi connectivity index (χ3n) is 7.39. The number of H-pyrrole nitrogens is 1. The van der Waals surface area contributed by atoms with E-state index >= 15 is 0 Å². The highest BCUT2D eigenvalue weighted by Gasteiger charge is 2.39. The number of carbonyl (C=O) groups excluding carboxylic acids is 1. The number of likely N-dealkylation sites (N-methyl/N-ethyl adjacent to an activating group) is 1. The van der Waals surface area contributed by atoms with Crippen molar-refractivity contribution < 1.29 is 13.2 Å². The topological polar surface area (TPSA) is 108 Å². The first-order valence-electron chi connectivity index (χ1n) is 12.0. The molecule has 1 saturated heterocycles. The van der Waals surface area contributed by atoms with Crippen LogP contribution in [0.15, 0.2) is 30.5 Å². The summed E-state index contributed by atoms with van der Waals surface area (Å²) in [6.45, 7) is 12.3. The van der Waals surface area contributed by atoms with E-state index in [2.05, 4.69) is 51.4 Å². The molecule has 1 aromatic heterocycles. The van der Waals surface area contributed by atoms with Crippen LogP contribution in [0.25, 0.3) is 10.4 Å². The van der Waals surface area contributed by atoms with Crippen molar-refractivity contribution in [3.8, 4) is 0 Å². The minimum Gasteiger partial charge on any atom is -0.363 e. The Morgan fingerprint density at radius 2 is 1.97 bits per heavy atom. The Bertz CT molecular complexity index is 1290. The SMILES string of the molecule is [C-]#[N+]c1cnc(C(=O)Nc2ccc(C3(CNC)CCS(=O)(=O)CC3)cc2C2=CCC(C)(C)CC2)[nH]1. The molecular weight excluding hydrogens is 462 g/mol. The first-order valence-corrected chi connectivity index (χ1v) is 13.8. The lowest BCUT2D eigenvalue weighted by Crippen LogP contribution is -2.43. The van der Waals surface area contributed by atoms with Gasteiger partial charge in [0.2, 0.25) is 5.82 Å². The van der Waals surface area contributed by atoms with E-state index in [9.17, 15) is 13.2 Å². The fourth-order valence-corrected chi connectivity index (χ4v) is 6.68. The van der Waals surface area contributed by atoms with Gasteiger partial charge in [0.15, 0.2) is 0 Å². The van der Waals surface area contributed by atoms with Crippen molar-refractivity contribution in [1.29, 1.82) is 0 Å². The first kappa shape index (κ1) is 25.1. The molecule has 2 heterocycles. The average Bonchev–Trinajstić information content (AvgIpc) is 3.31. The zero-order chi connectivity index (χ0) is 25.3. The number of nitrogens with zero attached hydrogens (tertiary/aromatic N) is 2. The van der Waals surface area contributed by atoms with Crippen molar-refractivity contribution in [3.63, 3.8) is 0 Å². The molecule has 8 nitrogen and oxygen atoms in total. The third kappa shape index (κ3) is 5.49. The lowest BCUT2D eigenvalue weighted by atomic mass is 9.73. The quantitative estimate of drug-likeness (QED) is 0.513. The van der Waals surface area contributed by atoms with E-state index < -0.39 is 15.7 Å². The van der Waals surface area contributed by atoms with Crippen LogP contribution in [0.3, 0.4) is 0 Å². The number of aromatic amines is 1.